The number of esters is 1. The van der Waals surface area contributed by atoms with Gasteiger partial charge in [-0.15, -0.1) is 0 Å². The van der Waals surface area contributed by atoms with Gasteiger partial charge in [0.25, 0.3) is 0 Å². The summed E-state index contributed by atoms with van der Waals surface area (Å²) in [6.45, 7) is 0. The van der Waals surface area contributed by atoms with Crippen LogP contribution in [0, 0.1) is 11.6 Å². The number of aromatic hydroxyl groups is 2. The summed E-state index contributed by atoms with van der Waals surface area (Å²) in [4.78, 5) is 12.7. The number of benzene rings is 3. The average Bonchev–Trinajstić information content (AvgIpc) is 2.94. The first-order valence-corrected chi connectivity index (χ1v) is 8.88. The molecule has 0 aromatic heterocycles. The van der Waals surface area contributed by atoms with E-state index in [2.05, 4.69) is 15.9 Å². The normalized spacial score (nSPS) is 15.5. The lowest BCUT2D eigenvalue weighted by atomic mass is 9.77. The molecule has 2 aliphatic heterocycles. The van der Waals surface area contributed by atoms with E-state index in [9.17, 15) is 23.8 Å². The molecule has 5 nitrogen and oxygen atoms in total. The van der Waals surface area contributed by atoms with Gasteiger partial charge < -0.3 is 19.7 Å². The van der Waals surface area contributed by atoms with Crippen molar-refractivity contribution in [2.45, 2.75) is 5.60 Å². The van der Waals surface area contributed by atoms with E-state index < -0.39 is 34.7 Å². The van der Waals surface area contributed by atoms with Crippen molar-refractivity contribution >= 4 is 21.9 Å². The summed E-state index contributed by atoms with van der Waals surface area (Å²) in [7, 11) is 0. The van der Waals surface area contributed by atoms with E-state index >= 15 is 0 Å². The zero-order valence-corrected chi connectivity index (χ0v) is 15.4. The lowest BCUT2D eigenvalue weighted by Gasteiger charge is -2.36. The van der Waals surface area contributed by atoms with Crippen molar-refractivity contribution in [3.05, 3.63) is 80.8 Å². The van der Waals surface area contributed by atoms with Crippen molar-refractivity contribution in [3.8, 4) is 23.0 Å². The minimum absolute atomic E-state index is 0.0121. The highest BCUT2D eigenvalue weighted by Gasteiger charge is 2.54. The third kappa shape index (κ3) is 2.00. The summed E-state index contributed by atoms with van der Waals surface area (Å²) in [5, 5.41) is 19.5. The highest BCUT2D eigenvalue weighted by atomic mass is 79.9. The van der Waals surface area contributed by atoms with Crippen LogP contribution >= 0.6 is 15.9 Å². The molecule has 140 valence electrons. The third-order valence-corrected chi connectivity index (χ3v) is 5.58. The molecule has 2 N–H and O–H groups in total. The zero-order chi connectivity index (χ0) is 19.8. The molecule has 0 amide bonds. The molecular weight excluding hydrogens is 438 g/mol. The molecule has 0 fully saturated rings. The summed E-state index contributed by atoms with van der Waals surface area (Å²) in [6, 6.07) is 8.98. The number of phenols is 2. The predicted octanol–water partition coefficient (Wildman–Crippen LogP) is 4.71. The largest absolute Gasteiger partial charge is 0.505 e. The van der Waals surface area contributed by atoms with Crippen molar-refractivity contribution in [1.29, 1.82) is 0 Å². The van der Waals surface area contributed by atoms with Crippen LogP contribution in [0.15, 0.2) is 46.9 Å². The maximum absolute atomic E-state index is 14.2. The van der Waals surface area contributed by atoms with Crippen LogP contribution in [0.1, 0.15) is 27.0 Å². The molecule has 0 radical (unpaired) electrons. The molecule has 2 aliphatic rings. The fourth-order valence-corrected chi connectivity index (χ4v) is 4.27. The fraction of sp³-hybridized carbons (Fsp3) is 0.0500. The lowest BCUT2D eigenvalue weighted by Crippen LogP contribution is -2.33. The van der Waals surface area contributed by atoms with Gasteiger partial charge >= 0.3 is 5.97 Å². The SMILES string of the molecule is O=C1OC2(c3cc(F)c(O)cc3Oc3cc(O)c(F)cc32)c2cccc(Br)c21. The maximum Gasteiger partial charge on any atom is 0.341 e. The molecule has 1 spiro atoms. The standard InChI is InChI=1S/C20H9BrF2O5/c21-11-3-1-2-8-18(11)19(26)28-20(8)9-4-12(22)14(24)6-16(9)27-17-7-15(25)13(23)5-10(17)20/h1-7,24-25H. The number of halogens is 3. The van der Waals surface area contributed by atoms with Crippen LogP contribution in [0.25, 0.3) is 0 Å². The summed E-state index contributed by atoms with van der Waals surface area (Å²) in [6.07, 6.45) is 0. The number of hydrogen-bond donors (Lipinski definition) is 2. The molecule has 2 heterocycles. The van der Waals surface area contributed by atoms with Crippen molar-refractivity contribution in [3.63, 3.8) is 0 Å². The van der Waals surface area contributed by atoms with Gasteiger partial charge in [-0.3, -0.25) is 0 Å². The number of fused-ring (bicyclic) bond motifs is 6. The molecule has 8 heteroatoms. The summed E-state index contributed by atoms with van der Waals surface area (Å²) in [5.41, 5.74) is -0.963. The van der Waals surface area contributed by atoms with Crippen LogP contribution < -0.4 is 4.74 Å². The Labute approximate surface area is 164 Å². The van der Waals surface area contributed by atoms with Gasteiger partial charge in [0.05, 0.1) is 16.7 Å². The van der Waals surface area contributed by atoms with Gasteiger partial charge in [-0.2, -0.15) is 0 Å². The quantitative estimate of drug-likeness (QED) is 0.489. The Morgan fingerprint density at radius 3 is 2.04 bits per heavy atom. The van der Waals surface area contributed by atoms with Crippen LogP contribution in [0.2, 0.25) is 0 Å². The van der Waals surface area contributed by atoms with E-state index in [4.69, 9.17) is 9.47 Å². The highest BCUT2D eigenvalue weighted by molar-refractivity contribution is 9.10. The molecule has 3 aromatic rings. The van der Waals surface area contributed by atoms with Gasteiger partial charge in [0.1, 0.15) is 11.5 Å². The van der Waals surface area contributed by atoms with Crippen LogP contribution in [0.3, 0.4) is 0 Å². The maximum atomic E-state index is 14.2. The first kappa shape index (κ1) is 17.0. The predicted molar refractivity (Wildman–Crippen MR) is 95.6 cm³/mol. The summed E-state index contributed by atoms with van der Waals surface area (Å²) >= 11 is 3.31. The Kier molecular flexibility index (Phi) is 3.31. The van der Waals surface area contributed by atoms with Crippen LogP contribution in [0.5, 0.6) is 23.0 Å². The monoisotopic (exact) mass is 446 g/mol. The smallest absolute Gasteiger partial charge is 0.341 e. The fourth-order valence-electron chi connectivity index (χ4n) is 3.74. The molecule has 0 atom stereocenters. The van der Waals surface area contributed by atoms with E-state index in [1.807, 2.05) is 0 Å². The van der Waals surface area contributed by atoms with E-state index in [1.54, 1.807) is 18.2 Å². The number of carbonyl (C=O) groups excluding carboxylic acids is 1. The number of carbonyl (C=O) groups is 1. The van der Waals surface area contributed by atoms with Crippen molar-refractivity contribution in [2.24, 2.45) is 0 Å². The van der Waals surface area contributed by atoms with Gasteiger partial charge in [0.15, 0.2) is 28.7 Å². The third-order valence-electron chi connectivity index (χ3n) is 4.92. The van der Waals surface area contributed by atoms with E-state index in [0.717, 1.165) is 24.3 Å². The Hall–Kier alpha value is -3.13. The zero-order valence-electron chi connectivity index (χ0n) is 13.8. The number of hydrogen-bond acceptors (Lipinski definition) is 5. The minimum Gasteiger partial charge on any atom is -0.505 e. The lowest BCUT2D eigenvalue weighted by molar-refractivity contribution is 0.0221. The van der Waals surface area contributed by atoms with E-state index in [0.29, 0.717) is 10.0 Å². The van der Waals surface area contributed by atoms with Gasteiger partial charge in [0, 0.05) is 22.2 Å². The van der Waals surface area contributed by atoms with Crippen molar-refractivity contribution < 1.29 is 33.3 Å². The second kappa shape index (κ2) is 5.45. The number of rotatable bonds is 0. The second-order valence-electron chi connectivity index (χ2n) is 6.43. The topological polar surface area (TPSA) is 76.0 Å². The average molecular weight is 447 g/mol. The molecular formula is C20H9BrF2O5. The van der Waals surface area contributed by atoms with Crippen LogP contribution in [0.4, 0.5) is 8.78 Å². The van der Waals surface area contributed by atoms with Crippen molar-refractivity contribution in [1.82, 2.24) is 0 Å². The Morgan fingerprint density at radius 2 is 1.46 bits per heavy atom. The van der Waals surface area contributed by atoms with Gasteiger partial charge in [-0.05, 0) is 34.1 Å². The molecule has 5 rings (SSSR count). The molecule has 3 aromatic carbocycles. The van der Waals surface area contributed by atoms with Crippen LogP contribution in [-0.2, 0) is 10.3 Å². The van der Waals surface area contributed by atoms with Gasteiger partial charge in [-0.1, -0.05) is 12.1 Å². The minimum atomic E-state index is -1.71. The first-order chi connectivity index (χ1) is 13.3. The molecule has 0 aliphatic carbocycles. The Balaban J connectivity index is 1.95. The Morgan fingerprint density at radius 1 is 0.893 bits per heavy atom. The van der Waals surface area contributed by atoms with E-state index in [-0.39, 0.29) is 28.2 Å². The summed E-state index contributed by atoms with van der Waals surface area (Å²) in [5.74, 6) is -3.91. The molecule has 0 saturated heterocycles. The van der Waals surface area contributed by atoms with E-state index in [1.165, 1.54) is 0 Å². The second-order valence-corrected chi connectivity index (χ2v) is 7.29. The molecule has 0 unspecified atom stereocenters. The van der Waals surface area contributed by atoms with Gasteiger partial charge in [0.2, 0.25) is 0 Å². The number of phenolic OH excluding ortho intramolecular Hbond substituents is 2. The van der Waals surface area contributed by atoms with Crippen molar-refractivity contribution in [2.75, 3.05) is 0 Å². The molecule has 0 saturated carbocycles. The van der Waals surface area contributed by atoms with Gasteiger partial charge in [-0.25, -0.2) is 13.6 Å². The highest BCUT2D eigenvalue weighted by Crippen LogP contribution is 2.58. The Bertz CT molecular complexity index is 1150. The molecule has 0 bridgehead atoms. The first-order valence-electron chi connectivity index (χ1n) is 8.09. The number of ether oxygens (including phenoxy) is 2. The summed E-state index contributed by atoms with van der Waals surface area (Å²) < 4.78 is 40.3. The molecule has 28 heavy (non-hydrogen) atoms. The van der Waals surface area contributed by atoms with Crippen LogP contribution in [-0.4, -0.2) is 16.2 Å².